The fraction of sp³-hybridized carbons (Fsp3) is 0.417. The van der Waals surface area contributed by atoms with Gasteiger partial charge in [0, 0.05) is 6.21 Å². The summed E-state index contributed by atoms with van der Waals surface area (Å²) in [5.41, 5.74) is 2.06. The summed E-state index contributed by atoms with van der Waals surface area (Å²) in [4.78, 5) is 4.17. The second-order valence-corrected chi connectivity index (χ2v) is 2.56. The molecule has 2 heteroatoms. The Kier molecular flexibility index (Phi) is 6.46. The molecule has 0 aliphatic heterocycles. The van der Waals surface area contributed by atoms with Gasteiger partial charge in [-0.25, -0.2) is 0 Å². The van der Waals surface area contributed by atoms with E-state index in [9.17, 15) is 0 Å². The molecule has 0 N–H and O–H groups in total. The first-order valence-corrected chi connectivity index (χ1v) is 4.91. The molecule has 0 heterocycles. The molecule has 1 rings (SSSR count). The van der Waals surface area contributed by atoms with Crippen molar-refractivity contribution in [1.82, 2.24) is 0 Å². The molecular formula is C12H19NO. The molecule has 0 unspecified atom stereocenters. The lowest BCUT2D eigenvalue weighted by Crippen LogP contribution is -1.84. The van der Waals surface area contributed by atoms with Gasteiger partial charge in [-0.15, -0.1) is 0 Å². The van der Waals surface area contributed by atoms with Crippen molar-refractivity contribution in [1.29, 1.82) is 0 Å². The molecule has 14 heavy (non-hydrogen) atoms. The Morgan fingerprint density at radius 1 is 1.29 bits per heavy atom. The third-order valence-electron chi connectivity index (χ3n) is 1.60. The first-order valence-electron chi connectivity index (χ1n) is 4.91. The van der Waals surface area contributed by atoms with Gasteiger partial charge in [-0.2, -0.15) is 0 Å². The Labute approximate surface area is 86.6 Å². The SMILES string of the molecule is CC.CC=Nc1ccc(C)cc1OC. The standard InChI is InChI=1S/C10H13NO.C2H6/c1-4-11-9-6-5-8(2)7-10(9)12-3;1-2/h4-7H,1-3H3;1-2H3. The fourth-order valence-electron chi connectivity index (χ4n) is 1.03. The second-order valence-electron chi connectivity index (χ2n) is 2.56. The Hall–Kier alpha value is -1.31. The number of hydrogen-bond acceptors (Lipinski definition) is 2. The van der Waals surface area contributed by atoms with Gasteiger partial charge in [0.15, 0.2) is 0 Å². The molecule has 0 spiro atoms. The van der Waals surface area contributed by atoms with Gasteiger partial charge in [0.25, 0.3) is 0 Å². The zero-order valence-electron chi connectivity index (χ0n) is 9.66. The van der Waals surface area contributed by atoms with Crippen molar-refractivity contribution in [2.75, 3.05) is 7.11 Å². The zero-order chi connectivity index (χ0) is 11.0. The molecule has 2 nitrogen and oxygen atoms in total. The summed E-state index contributed by atoms with van der Waals surface area (Å²) in [6, 6.07) is 5.95. The van der Waals surface area contributed by atoms with E-state index >= 15 is 0 Å². The van der Waals surface area contributed by atoms with Crippen molar-refractivity contribution in [3.05, 3.63) is 23.8 Å². The highest BCUT2D eigenvalue weighted by Crippen LogP contribution is 2.27. The summed E-state index contributed by atoms with van der Waals surface area (Å²) in [5.74, 6) is 0.827. The van der Waals surface area contributed by atoms with E-state index < -0.39 is 0 Å². The van der Waals surface area contributed by atoms with Crippen LogP contribution in [0.3, 0.4) is 0 Å². The van der Waals surface area contributed by atoms with E-state index in [1.165, 1.54) is 5.56 Å². The van der Waals surface area contributed by atoms with Gasteiger partial charge in [0.1, 0.15) is 11.4 Å². The summed E-state index contributed by atoms with van der Waals surface area (Å²) in [6.07, 6.45) is 1.76. The normalized spacial score (nSPS) is 9.50. The number of ether oxygens (including phenoxy) is 1. The maximum Gasteiger partial charge on any atom is 0.144 e. The van der Waals surface area contributed by atoms with E-state index in [0.717, 1.165) is 11.4 Å². The van der Waals surface area contributed by atoms with Gasteiger partial charge in [0.05, 0.1) is 7.11 Å². The van der Waals surface area contributed by atoms with Crippen molar-refractivity contribution < 1.29 is 4.74 Å². The maximum atomic E-state index is 5.16. The van der Waals surface area contributed by atoms with Gasteiger partial charge in [-0.3, -0.25) is 4.99 Å². The third kappa shape index (κ3) is 3.60. The highest BCUT2D eigenvalue weighted by atomic mass is 16.5. The van der Waals surface area contributed by atoms with Crippen LogP contribution in [0.15, 0.2) is 23.2 Å². The lowest BCUT2D eigenvalue weighted by atomic mass is 10.2. The summed E-state index contributed by atoms with van der Waals surface area (Å²) in [6.45, 7) is 7.92. The van der Waals surface area contributed by atoms with Crippen LogP contribution in [-0.2, 0) is 0 Å². The summed E-state index contributed by atoms with van der Waals surface area (Å²) in [7, 11) is 1.66. The molecule has 0 aromatic heterocycles. The first-order chi connectivity index (χ1) is 6.77. The number of rotatable bonds is 2. The minimum Gasteiger partial charge on any atom is -0.494 e. The smallest absolute Gasteiger partial charge is 0.144 e. The van der Waals surface area contributed by atoms with Crippen molar-refractivity contribution >= 4 is 11.9 Å². The van der Waals surface area contributed by atoms with Crippen LogP contribution in [0.1, 0.15) is 26.3 Å². The van der Waals surface area contributed by atoms with Crippen LogP contribution < -0.4 is 4.74 Å². The van der Waals surface area contributed by atoms with Crippen molar-refractivity contribution in [2.24, 2.45) is 4.99 Å². The van der Waals surface area contributed by atoms with Crippen LogP contribution in [0.5, 0.6) is 5.75 Å². The van der Waals surface area contributed by atoms with E-state index in [0.29, 0.717) is 0 Å². The minimum atomic E-state index is 0.827. The van der Waals surface area contributed by atoms with E-state index in [2.05, 4.69) is 4.99 Å². The molecule has 1 aromatic carbocycles. The van der Waals surface area contributed by atoms with Crippen molar-refractivity contribution in [2.45, 2.75) is 27.7 Å². The number of nitrogens with zero attached hydrogens (tertiary/aromatic N) is 1. The zero-order valence-corrected chi connectivity index (χ0v) is 9.66. The molecule has 0 saturated carbocycles. The Bertz CT molecular complexity index is 292. The summed E-state index contributed by atoms with van der Waals surface area (Å²) >= 11 is 0. The molecule has 0 aliphatic carbocycles. The predicted molar refractivity (Wildman–Crippen MR) is 62.9 cm³/mol. The Morgan fingerprint density at radius 3 is 2.43 bits per heavy atom. The number of hydrogen-bond donors (Lipinski definition) is 0. The average Bonchev–Trinajstić information content (AvgIpc) is 2.24. The quantitative estimate of drug-likeness (QED) is 0.655. The van der Waals surface area contributed by atoms with Crippen LogP contribution in [-0.4, -0.2) is 13.3 Å². The van der Waals surface area contributed by atoms with Crippen LogP contribution in [0.2, 0.25) is 0 Å². The second kappa shape index (κ2) is 7.13. The summed E-state index contributed by atoms with van der Waals surface area (Å²) in [5, 5.41) is 0. The Morgan fingerprint density at radius 2 is 1.93 bits per heavy atom. The molecule has 0 bridgehead atoms. The van der Waals surface area contributed by atoms with Crippen molar-refractivity contribution in [3.63, 3.8) is 0 Å². The highest BCUT2D eigenvalue weighted by Gasteiger charge is 1.98. The first kappa shape index (κ1) is 12.7. The largest absolute Gasteiger partial charge is 0.494 e. The number of aryl methyl sites for hydroxylation is 1. The number of aliphatic imine (C=N–C) groups is 1. The van der Waals surface area contributed by atoms with Crippen LogP contribution >= 0.6 is 0 Å². The predicted octanol–water partition coefficient (Wildman–Crippen LogP) is 3.75. The lowest BCUT2D eigenvalue weighted by Gasteiger charge is -2.04. The number of benzene rings is 1. The highest BCUT2D eigenvalue weighted by molar-refractivity contribution is 5.64. The van der Waals surface area contributed by atoms with Gasteiger partial charge in [-0.05, 0) is 31.5 Å². The van der Waals surface area contributed by atoms with Gasteiger partial charge < -0.3 is 4.74 Å². The number of methoxy groups -OCH3 is 1. The van der Waals surface area contributed by atoms with E-state index in [1.54, 1.807) is 13.3 Å². The Balaban J connectivity index is 0.000000791. The van der Waals surface area contributed by atoms with Gasteiger partial charge >= 0.3 is 0 Å². The van der Waals surface area contributed by atoms with E-state index in [4.69, 9.17) is 4.74 Å². The van der Waals surface area contributed by atoms with Crippen molar-refractivity contribution in [3.8, 4) is 5.75 Å². The average molecular weight is 193 g/mol. The van der Waals surface area contributed by atoms with E-state index in [-0.39, 0.29) is 0 Å². The van der Waals surface area contributed by atoms with Crippen LogP contribution in [0.25, 0.3) is 0 Å². The van der Waals surface area contributed by atoms with Gasteiger partial charge in [-0.1, -0.05) is 19.9 Å². The molecule has 78 valence electrons. The molecule has 0 amide bonds. The van der Waals surface area contributed by atoms with Crippen LogP contribution in [0, 0.1) is 6.92 Å². The van der Waals surface area contributed by atoms with Crippen LogP contribution in [0.4, 0.5) is 5.69 Å². The third-order valence-corrected chi connectivity index (χ3v) is 1.60. The lowest BCUT2D eigenvalue weighted by molar-refractivity contribution is 0.416. The maximum absolute atomic E-state index is 5.16. The van der Waals surface area contributed by atoms with Gasteiger partial charge in [0.2, 0.25) is 0 Å². The molecule has 0 fully saturated rings. The molecule has 0 atom stereocenters. The minimum absolute atomic E-state index is 0.827. The summed E-state index contributed by atoms with van der Waals surface area (Å²) < 4.78 is 5.16. The molecule has 0 aliphatic rings. The molecule has 0 radical (unpaired) electrons. The topological polar surface area (TPSA) is 21.6 Å². The molecular weight excluding hydrogens is 174 g/mol. The monoisotopic (exact) mass is 193 g/mol. The molecule has 1 aromatic rings. The molecule has 0 saturated heterocycles. The van der Waals surface area contributed by atoms with E-state index in [1.807, 2.05) is 45.9 Å². The fourth-order valence-corrected chi connectivity index (χ4v) is 1.03.